The summed E-state index contributed by atoms with van der Waals surface area (Å²) in [6, 6.07) is 9.07. The molecular weight excluding hydrogens is 242 g/mol. The van der Waals surface area contributed by atoms with E-state index in [0.29, 0.717) is 12.3 Å². The predicted octanol–water partition coefficient (Wildman–Crippen LogP) is 2.98. The second-order valence-corrected chi connectivity index (χ2v) is 4.38. The Kier molecular flexibility index (Phi) is 3.80. The van der Waals surface area contributed by atoms with Crippen molar-refractivity contribution in [1.29, 1.82) is 0 Å². The number of carboxylic acid groups (broad SMARTS) is 1. The highest BCUT2D eigenvalue weighted by Gasteiger charge is 2.04. The first kappa shape index (κ1) is 13.1. The molecule has 0 aliphatic carbocycles. The number of pyridine rings is 1. The number of hydrogen-bond acceptors (Lipinski definition) is 3. The molecule has 2 rings (SSSR count). The normalized spacial score (nSPS) is 10.2. The van der Waals surface area contributed by atoms with Crippen LogP contribution in [0, 0.1) is 13.8 Å². The highest BCUT2D eigenvalue weighted by Crippen LogP contribution is 2.17. The molecule has 0 fully saturated rings. The molecule has 0 spiro atoms. The van der Waals surface area contributed by atoms with Gasteiger partial charge in [-0.1, -0.05) is 6.07 Å². The topological polar surface area (TPSA) is 59.4 Å². The van der Waals surface area contributed by atoms with Gasteiger partial charge in [0.05, 0.1) is 11.3 Å². The van der Waals surface area contributed by atoms with E-state index in [9.17, 15) is 4.79 Å². The molecule has 4 heteroatoms. The van der Waals surface area contributed by atoms with Crippen molar-refractivity contribution in [2.75, 3.05) is 0 Å². The molecule has 1 heterocycles. The van der Waals surface area contributed by atoms with Crippen LogP contribution in [0.5, 0.6) is 5.75 Å². The Morgan fingerprint density at radius 2 is 2.00 bits per heavy atom. The maximum absolute atomic E-state index is 10.7. The molecule has 0 saturated heterocycles. The molecule has 0 amide bonds. The van der Waals surface area contributed by atoms with Crippen LogP contribution in [-0.2, 0) is 6.61 Å². The maximum Gasteiger partial charge on any atom is 0.337 e. The fraction of sp³-hybridized carbons (Fsp3) is 0.200. The number of carboxylic acids is 1. The van der Waals surface area contributed by atoms with Crippen molar-refractivity contribution in [2.24, 2.45) is 0 Å². The summed E-state index contributed by atoms with van der Waals surface area (Å²) in [6.07, 6.45) is 1.33. The SMILES string of the molecule is Cc1ccc(OCc2ccc(C(=O)O)cn2)cc1C. The lowest BCUT2D eigenvalue weighted by molar-refractivity contribution is 0.0696. The number of ether oxygens (including phenoxy) is 1. The molecule has 0 bridgehead atoms. The van der Waals surface area contributed by atoms with E-state index in [1.165, 1.54) is 23.4 Å². The molecule has 1 aromatic heterocycles. The zero-order chi connectivity index (χ0) is 13.8. The number of nitrogens with zero attached hydrogens (tertiary/aromatic N) is 1. The van der Waals surface area contributed by atoms with Crippen molar-refractivity contribution in [3.63, 3.8) is 0 Å². The van der Waals surface area contributed by atoms with Gasteiger partial charge in [0.15, 0.2) is 0 Å². The summed E-state index contributed by atoms with van der Waals surface area (Å²) < 4.78 is 5.62. The molecule has 4 nitrogen and oxygen atoms in total. The van der Waals surface area contributed by atoms with E-state index in [1.54, 1.807) is 6.07 Å². The van der Waals surface area contributed by atoms with Gasteiger partial charge in [-0.15, -0.1) is 0 Å². The number of benzene rings is 1. The molecule has 1 N–H and O–H groups in total. The van der Waals surface area contributed by atoms with Crippen molar-refractivity contribution in [1.82, 2.24) is 4.98 Å². The smallest absolute Gasteiger partial charge is 0.337 e. The third-order valence-electron chi connectivity index (χ3n) is 2.94. The van der Waals surface area contributed by atoms with Crippen LogP contribution in [0.1, 0.15) is 27.2 Å². The van der Waals surface area contributed by atoms with Gasteiger partial charge in [0.1, 0.15) is 12.4 Å². The summed E-state index contributed by atoms with van der Waals surface area (Å²) in [5, 5.41) is 8.77. The Labute approximate surface area is 111 Å². The van der Waals surface area contributed by atoms with Crippen LogP contribution in [0.3, 0.4) is 0 Å². The van der Waals surface area contributed by atoms with Gasteiger partial charge in [-0.2, -0.15) is 0 Å². The van der Waals surface area contributed by atoms with E-state index >= 15 is 0 Å². The Morgan fingerprint density at radius 1 is 1.21 bits per heavy atom. The van der Waals surface area contributed by atoms with Gasteiger partial charge in [-0.3, -0.25) is 4.98 Å². The summed E-state index contributed by atoms with van der Waals surface area (Å²) in [5.74, 6) is -0.193. The van der Waals surface area contributed by atoms with Crippen LogP contribution in [-0.4, -0.2) is 16.1 Å². The van der Waals surface area contributed by atoms with Crippen molar-refractivity contribution >= 4 is 5.97 Å². The summed E-state index contributed by atoms with van der Waals surface area (Å²) in [4.78, 5) is 14.7. The zero-order valence-electron chi connectivity index (χ0n) is 10.9. The zero-order valence-corrected chi connectivity index (χ0v) is 10.9. The van der Waals surface area contributed by atoms with Crippen molar-refractivity contribution < 1.29 is 14.6 Å². The third kappa shape index (κ3) is 3.31. The van der Waals surface area contributed by atoms with E-state index in [-0.39, 0.29) is 5.56 Å². The number of aromatic carboxylic acids is 1. The van der Waals surface area contributed by atoms with Crippen LogP contribution in [0.15, 0.2) is 36.5 Å². The minimum atomic E-state index is -0.978. The molecule has 1 aromatic carbocycles. The standard InChI is InChI=1S/C15H15NO3/c1-10-3-6-14(7-11(10)2)19-9-13-5-4-12(8-16-13)15(17)18/h3-8H,9H2,1-2H3,(H,17,18). The quantitative estimate of drug-likeness (QED) is 0.914. The summed E-state index contributed by atoms with van der Waals surface area (Å²) >= 11 is 0. The first-order chi connectivity index (χ1) is 9.06. The van der Waals surface area contributed by atoms with Gasteiger partial charge in [-0.25, -0.2) is 4.79 Å². The highest BCUT2D eigenvalue weighted by molar-refractivity contribution is 5.87. The predicted molar refractivity (Wildman–Crippen MR) is 71.4 cm³/mol. The van der Waals surface area contributed by atoms with Gasteiger partial charge < -0.3 is 9.84 Å². The van der Waals surface area contributed by atoms with E-state index in [2.05, 4.69) is 4.98 Å². The van der Waals surface area contributed by atoms with E-state index < -0.39 is 5.97 Å². The molecular formula is C15H15NO3. The van der Waals surface area contributed by atoms with Crippen molar-refractivity contribution in [3.05, 3.63) is 58.9 Å². The number of aromatic nitrogens is 1. The van der Waals surface area contributed by atoms with Gasteiger partial charge in [0.25, 0.3) is 0 Å². The van der Waals surface area contributed by atoms with Crippen LogP contribution < -0.4 is 4.74 Å². The fourth-order valence-electron chi connectivity index (χ4n) is 1.60. The number of aryl methyl sites for hydroxylation is 2. The van der Waals surface area contributed by atoms with Crippen LogP contribution in [0.2, 0.25) is 0 Å². The molecule has 19 heavy (non-hydrogen) atoms. The van der Waals surface area contributed by atoms with Crippen LogP contribution in [0.4, 0.5) is 0 Å². The number of hydrogen-bond donors (Lipinski definition) is 1. The van der Waals surface area contributed by atoms with Gasteiger partial charge >= 0.3 is 5.97 Å². The van der Waals surface area contributed by atoms with Crippen molar-refractivity contribution in [3.8, 4) is 5.75 Å². The lowest BCUT2D eigenvalue weighted by atomic mass is 10.1. The average Bonchev–Trinajstić information content (AvgIpc) is 2.40. The summed E-state index contributed by atoms with van der Waals surface area (Å²) in [7, 11) is 0. The average molecular weight is 257 g/mol. The van der Waals surface area contributed by atoms with Gasteiger partial charge in [0.2, 0.25) is 0 Å². The third-order valence-corrected chi connectivity index (χ3v) is 2.94. The number of rotatable bonds is 4. The van der Waals surface area contributed by atoms with Crippen LogP contribution in [0.25, 0.3) is 0 Å². The van der Waals surface area contributed by atoms with E-state index in [4.69, 9.17) is 9.84 Å². The lowest BCUT2D eigenvalue weighted by Crippen LogP contribution is -2.02. The molecule has 0 radical (unpaired) electrons. The Balaban J connectivity index is 2.01. The molecule has 0 saturated carbocycles. The monoisotopic (exact) mass is 257 g/mol. The molecule has 0 aliphatic heterocycles. The number of carbonyl (C=O) groups is 1. The molecule has 98 valence electrons. The minimum Gasteiger partial charge on any atom is -0.487 e. The van der Waals surface area contributed by atoms with E-state index in [1.807, 2.05) is 32.0 Å². The summed E-state index contributed by atoms with van der Waals surface area (Å²) in [5.41, 5.74) is 3.26. The van der Waals surface area contributed by atoms with Crippen LogP contribution >= 0.6 is 0 Å². The Morgan fingerprint density at radius 3 is 2.58 bits per heavy atom. The first-order valence-corrected chi connectivity index (χ1v) is 5.94. The molecule has 2 aromatic rings. The van der Waals surface area contributed by atoms with Gasteiger partial charge in [-0.05, 0) is 49.2 Å². The first-order valence-electron chi connectivity index (χ1n) is 5.94. The van der Waals surface area contributed by atoms with Gasteiger partial charge in [0, 0.05) is 6.20 Å². The maximum atomic E-state index is 10.7. The Bertz CT molecular complexity index is 591. The molecule has 0 aliphatic rings. The minimum absolute atomic E-state index is 0.176. The highest BCUT2D eigenvalue weighted by atomic mass is 16.5. The van der Waals surface area contributed by atoms with E-state index in [0.717, 1.165) is 5.75 Å². The molecule has 0 unspecified atom stereocenters. The second-order valence-electron chi connectivity index (χ2n) is 4.38. The second kappa shape index (κ2) is 5.52. The largest absolute Gasteiger partial charge is 0.487 e. The Hall–Kier alpha value is -2.36. The fourth-order valence-corrected chi connectivity index (χ4v) is 1.60. The van der Waals surface area contributed by atoms with Crippen molar-refractivity contribution in [2.45, 2.75) is 20.5 Å². The summed E-state index contributed by atoms with van der Waals surface area (Å²) in [6.45, 7) is 4.40. The lowest BCUT2D eigenvalue weighted by Gasteiger charge is -2.08. The molecule has 0 atom stereocenters.